The van der Waals surface area contributed by atoms with Crippen molar-refractivity contribution in [3.63, 3.8) is 0 Å². The van der Waals surface area contributed by atoms with Gasteiger partial charge in [0.15, 0.2) is 0 Å². The Bertz CT molecular complexity index is 918. The van der Waals surface area contributed by atoms with Gasteiger partial charge in [-0.3, -0.25) is 4.55 Å². The maximum Gasteiger partial charge on any atom is 0.294 e. The third-order valence-corrected chi connectivity index (χ3v) is 6.29. The predicted octanol–water partition coefficient (Wildman–Crippen LogP) is 4.74. The van der Waals surface area contributed by atoms with Crippen LogP contribution >= 0.6 is 45.2 Å². The van der Waals surface area contributed by atoms with Gasteiger partial charge in [-0.1, -0.05) is 13.8 Å². The van der Waals surface area contributed by atoms with E-state index in [1.54, 1.807) is 25.1 Å². The minimum Gasteiger partial charge on any atom is -0.508 e. The first-order valence-corrected chi connectivity index (χ1v) is 11.7. The van der Waals surface area contributed by atoms with Crippen LogP contribution in [0.4, 0.5) is 0 Å². The third kappa shape index (κ3) is 5.84. The van der Waals surface area contributed by atoms with Crippen LogP contribution in [0.2, 0.25) is 0 Å². The van der Waals surface area contributed by atoms with E-state index < -0.39 is 10.1 Å². The van der Waals surface area contributed by atoms with Crippen LogP contribution in [0.25, 0.3) is 0 Å². The van der Waals surface area contributed by atoms with Crippen molar-refractivity contribution in [2.45, 2.75) is 31.6 Å². The SMILES string of the molecule is Cc1cc(S(=O)(=O)O)c(C(C)C)cc1OCCOc1c(I)cc(O)cc1I. The molecule has 0 spiro atoms. The Labute approximate surface area is 186 Å². The molecule has 2 N–H and O–H groups in total. The van der Waals surface area contributed by atoms with Crippen molar-refractivity contribution < 1.29 is 27.6 Å². The summed E-state index contributed by atoms with van der Waals surface area (Å²) >= 11 is 4.18. The summed E-state index contributed by atoms with van der Waals surface area (Å²) in [6.45, 7) is 5.96. The van der Waals surface area contributed by atoms with E-state index in [4.69, 9.17) is 9.47 Å². The number of ether oxygens (including phenoxy) is 2. The fraction of sp³-hybridized carbons (Fsp3) is 0.333. The summed E-state index contributed by atoms with van der Waals surface area (Å²) in [6, 6.07) is 6.31. The standard InChI is InChI=1S/C18H20I2O6S/c1-10(2)13-9-16(11(3)6-17(13)27(22,23)24)25-4-5-26-18-14(19)7-12(21)8-15(18)20/h6-10,21H,4-5H2,1-3H3,(H,22,23,24). The van der Waals surface area contributed by atoms with E-state index in [2.05, 4.69) is 45.2 Å². The van der Waals surface area contributed by atoms with Crippen LogP contribution in [0.5, 0.6) is 17.2 Å². The molecule has 0 saturated heterocycles. The van der Waals surface area contributed by atoms with Gasteiger partial charge < -0.3 is 14.6 Å². The van der Waals surface area contributed by atoms with Crippen molar-refractivity contribution in [2.24, 2.45) is 0 Å². The number of aromatic hydroxyl groups is 1. The molecule has 2 aromatic rings. The zero-order chi connectivity index (χ0) is 20.4. The van der Waals surface area contributed by atoms with Crippen LogP contribution in [-0.4, -0.2) is 31.3 Å². The molecule has 0 radical (unpaired) electrons. The second-order valence-electron chi connectivity index (χ2n) is 6.22. The lowest BCUT2D eigenvalue weighted by Gasteiger charge is -2.17. The quantitative estimate of drug-likeness (QED) is 0.265. The summed E-state index contributed by atoms with van der Waals surface area (Å²) in [6.07, 6.45) is 0. The molecule has 27 heavy (non-hydrogen) atoms. The first-order valence-electron chi connectivity index (χ1n) is 8.06. The molecule has 0 amide bonds. The molecule has 0 aromatic heterocycles. The number of benzene rings is 2. The van der Waals surface area contributed by atoms with E-state index in [-0.39, 0.29) is 29.8 Å². The van der Waals surface area contributed by atoms with Gasteiger partial charge in [0.1, 0.15) is 30.5 Å². The molecule has 0 atom stereocenters. The molecule has 0 heterocycles. The van der Waals surface area contributed by atoms with E-state index in [9.17, 15) is 18.1 Å². The number of aryl methyl sites for hydroxylation is 1. The Morgan fingerprint density at radius 1 is 1.04 bits per heavy atom. The molecule has 0 aliphatic rings. The minimum atomic E-state index is -4.29. The Morgan fingerprint density at radius 3 is 2.11 bits per heavy atom. The molecule has 0 saturated carbocycles. The highest BCUT2D eigenvalue weighted by molar-refractivity contribution is 14.1. The van der Waals surface area contributed by atoms with Gasteiger partial charge in [0.2, 0.25) is 0 Å². The Balaban J connectivity index is 2.12. The zero-order valence-corrected chi connectivity index (χ0v) is 20.1. The van der Waals surface area contributed by atoms with Crippen molar-refractivity contribution >= 4 is 55.3 Å². The van der Waals surface area contributed by atoms with Crippen molar-refractivity contribution in [1.29, 1.82) is 0 Å². The minimum absolute atomic E-state index is 0.0909. The van der Waals surface area contributed by atoms with E-state index in [0.29, 0.717) is 22.6 Å². The molecule has 0 aliphatic heterocycles. The molecule has 0 unspecified atom stereocenters. The summed E-state index contributed by atoms with van der Waals surface area (Å²) in [4.78, 5) is -0.0909. The van der Waals surface area contributed by atoms with Gasteiger partial charge in [-0.15, -0.1) is 0 Å². The Morgan fingerprint density at radius 2 is 1.59 bits per heavy atom. The van der Waals surface area contributed by atoms with Crippen molar-refractivity contribution in [2.75, 3.05) is 13.2 Å². The van der Waals surface area contributed by atoms with E-state index in [1.165, 1.54) is 6.07 Å². The van der Waals surface area contributed by atoms with Gasteiger partial charge in [0, 0.05) is 0 Å². The molecule has 6 nitrogen and oxygen atoms in total. The molecule has 0 bridgehead atoms. The van der Waals surface area contributed by atoms with Crippen LogP contribution in [-0.2, 0) is 10.1 Å². The molecule has 148 valence electrons. The smallest absolute Gasteiger partial charge is 0.294 e. The molecule has 0 fully saturated rings. The second kappa shape index (κ2) is 9.14. The summed E-state index contributed by atoms with van der Waals surface area (Å²) in [5.74, 6) is 1.31. The highest BCUT2D eigenvalue weighted by atomic mass is 127. The van der Waals surface area contributed by atoms with E-state index in [1.807, 2.05) is 13.8 Å². The molecule has 2 rings (SSSR count). The van der Waals surface area contributed by atoms with Crippen LogP contribution < -0.4 is 9.47 Å². The maximum absolute atomic E-state index is 11.6. The lowest BCUT2D eigenvalue weighted by atomic mass is 10.0. The van der Waals surface area contributed by atoms with Gasteiger partial charge in [-0.05, 0) is 93.4 Å². The largest absolute Gasteiger partial charge is 0.508 e. The zero-order valence-electron chi connectivity index (χ0n) is 15.0. The van der Waals surface area contributed by atoms with Gasteiger partial charge in [-0.25, -0.2) is 0 Å². The summed E-state index contributed by atoms with van der Waals surface area (Å²) < 4.78 is 45.8. The summed E-state index contributed by atoms with van der Waals surface area (Å²) in [5, 5.41) is 9.57. The van der Waals surface area contributed by atoms with Crippen LogP contribution in [0.3, 0.4) is 0 Å². The Kier molecular flexibility index (Phi) is 7.62. The molecule has 0 aliphatic carbocycles. The van der Waals surface area contributed by atoms with Gasteiger partial charge in [0.25, 0.3) is 10.1 Å². The van der Waals surface area contributed by atoms with Crippen LogP contribution in [0, 0.1) is 14.1 Å². The van der Waals surface area contributed by atoms with Gasteiger partial charge in [0.05, 0.1) is 12.0 Å². The normalized spacial score (nSPS) is 11.7. The topological polar surface area (TPSA) is 93.1 Å². The van der Waals surface area contributed by atoms with Crippen molar-refractivity contribution in [1.82, 2.24) is 0 Å². The number of halogens is 2. The van der Waals surface area contributed by atoms with Gasteiger partial charge in [-0.2, -0.15) is 8.42 Å². The maximum atomic E-state index is 11.6. The average Bonchev–Trinajstić information content (AvgIpc) is 2.52. The fourth-order valence-electron chi connectivity index (χ4n) is 2.49. The third-order valence-electron chi connectivity index (χ3n) is 3.78. The second-order valence-corrected chi connectivity index (χ2v) is 9.94. The van der Waals surface area contributed by atoms with Crippen LogP contribution in [0.1, 0.15) is 30.9 Å². The fourth-order valence-corrected chi connectivity index (χ4v) is 5.45. The number of hydrogen-bond donors (Lipinski definition) is 2. The highest BCUT2D eigenvalue weighted by Crippen LogP contribution is 2.32. The molecule has 2 aromatic carbocycles. The predicted molar refractivity (Wildman–Crippen MR) is 120 cm³/mol. The summed E-state index contributed by atoms with van der Waals surface area (Å²) in [5.41, 5.74) is 1.11. The molecular formula is C18H20I2O6S. The number of hydrogen-bond acceptors (Lipinski definition) is 5. The number of phenolic OH excluding ortho intramolecular Hbond substituents is 1. The average molecular weight is 618 g/mol. The Hall–Kier alpha value is -0.790. The van der Waals surface area contributed by atoms with Crippen molar-refractivity contribution in [3.8, 4) is 17.2 Å². The van der Waals surface area contributed by atoms with E-state index in [0.717, 1.165) is 7.14 Å². The lowest BCUT2D eigenvalue weighted by molar-refractivity contribution is 0.214. The first-order chi connectivity index (χ1) is 12.5. The van der Waals surface area contributed by atoms with E-state index >= 15 is 0 Å². The number of phenols is 1. The van der Waals surface area contributed by atoms with Crippen LogP contribution in [0.15, 0.2) is 29.2 Å². The van der Waals surface area contributed by atoms with Crippen molar-refractivity contribution in [3.05, 3.63) is 42.5 Å². The molecular weight excluding hydrogens is 598 g/mol. The lowest BCUT2D eigenvalue weighted by Crippen LogP contribution is -2.12. The first kappa shape index (κ1) is 22.5. The highest BCUT2D eigenvalue weighted by Gasteiger charge is 2.20. The summed E-state index contributed by atoms with van der Waals surface area (Å²) in [7, 11) is -4.29. The van der Waals surface area contributed by atoms with Gasteiger partial charge >= 0.3 is 0 Å². The molecule has 9 heteroatoms. The monoisotopic (exact) mass is 618 g/mol. The number of rotatable bonds is 7.